The van der Waals surface area contributed by atoms with Crippen LogP contribution in [0.1, 0.15) is 15.9 Å². The molecule has 0 fully saturated rings. The van der Waals surface area contributed by atoms with E-state index in [1.54, 1.807) is 12.1 Å². The molecule has 0 atom stereocenters. The zero-order valence-corrected chi connectivity index (χ0v) is 15.8. The van der Waals surface area contributed by atoms with Crippen LogP contribution in [0.3, 0.4) is 0 Å². The van der Waals surface area contributed by atoms with E-state index in [0.717, 1.165) is 17.8 Å². The third-order valence-electron chi connectivity index (χ3n) is 3.11. The van der Waals surface area contributed by atoms with E-state index < -0.39 is 23.4 Å². The molecule has 0 aliphatic heterocycles. The van der Waals surface area contributed by atoms with E-state index in [2.05, 4.69) is 10.3 Å². The quantitative estimate of drug-likeness (QED) is 0.345. The van der Waals surface area contributed by atoms with Crippen LogP contribution < -0.4 is 5.32 Å². The number of amides is 1. The van der Waals surface area contributed by atoms with E-state index in [4.69, 9.17) is 11.6 Å². The Morgan fingerprint density at radius 1 is 1.26 bits per heavy atom. The van der Waals surface area contributed by atoms with Gasteiger partial charge in [-0.1, -0.05) is 35.5 Å². The van der Waals surface area contributed by atoms with Gasteiger partial charge in [0.25, 0.3) is 11.7 Å². The molecule has 2 aromatic rings. The molecule has 0 radical (unpaired) electrons. The lowest BCUT2D eigenvalue weighted by Crippen LogP contribution is -2.26. The van der Waals surface area contributed by atoms with E-state index in [9.17, 15) is 26.7 Å². The maximum atomic E-state index is 12.6. The largest absolute Gasteiger partial charge is 0.417 e. The number of alkyl halides is 5. The smallest absolute Gasteiger partial charge is 0.351 e. The Balaban J connectivity index is 1.90. The number of rotatable bonds is 7. The van der Waals surface area contributed by atoms with Crippen molar-refractivity contribution in [2.45, 2.75) is 21.9 Å². The van der Waals surface area contributed by atoms with Gasteiger partial charge in [-0.3, -0.25) is 4.79 Å². The molecular weight excluding hydrogens is 431 g/mol. The Hall–Kier alpha value is -1.52. The third kappa shape index (κ3) is 6.54. The van der Waals surface area contributed by atoms with Crippen molar-refractivity contribution in [3.05, 3.63) is 52.7 Å². The zero-order valence-electron chi connectivity index (χ0n) is 13.4. The molecular formula is C16H12ClF5N2OS2. The van der Waals surface area contributed by atoms with E-state index in [1.807, 2.05) is 0 Å². The van der Waals surface area contributed by atoms with Crippen LogP contribution in [-0.4, -0.2) is 28.9 Å². The molecule has 2 rings (SSSR count). The molecule has 0 aliphatic rings. The topological polar surface area (TPSA) is 42.0 Å². The number of halogens is 6. The van der Waals surface area contributed by atoms with Crippen LogP contribution in [0.5, 0.6) is 0 Å². The van der Waals surface area contributed by atoms with Gasteiger partial charge in [0, 0.05) is 23.4 Å². The molecule has 0 saturated carbocycles. The molecule has 1 heterocycles. The second-order valence-corrected chi connectivity index (χ2v) is 7.51. The fourth-order valence-corrected chi connectivity index (χ4v) is 3.64. The van der Waals surface area contributed by atoms with Crippen molar-refractivity contribution in [2.24, 2.45) is 0 Å². The molecule has 1 aromatic carbocycles. The molecule has 1 amide bonds. The number of hydrogen-bond donors (Lipinski definition) is 1. The van der Waals surface area contributed by atoms with E-state index in [-0.39, 0.29) is 44.6 Å². The van der Waals surface area contributed by atoms with Crippen molar-refractivity contribution in [3.63, 3.8) is 0 Å². The van der Waals surface area contributed by atoms with Gasteiger partial charge in [-0.25, -0.2) is 4.98 Å². The van der Waals surface area contributed by atoms with E-state index in [1.165, 1.54) is 12.1 Å². The first kappa shape index (κ1) is 21.8. The molecule has 0 aliphatic carbocycles. The second-order valence-electron chi connectivity index (χ2n) is 4.99. The van der Waals surface area contributed by atoms with Crippen LogP contribution in [0.15, 0.2) is 46.5 Å². The average molecular weight is 443 g/mol. The van der Waals surface area contributed by atoms with Crippen LogP contribution in [0.25, 0.3) is 0 Å². The fraction of sp³-hybridized carbons (Fsp3) is 0.250. The molecule has 3 nitrogen and oxygen atoms in total. The van der Waals surface area contributed by atoms with Crippen molar-refractivity contribution in [1.29, 1.82) is 0 Å². The number of nitrogens with zero attached hydrogens (tertiary/aromatic N) is 1. The Morgan fingerprint density at radius 2 is 1.96 bits per heavy atom. The lowest BCUT2D eigenvalue weighted by Gasteiger charge is -2.10. The highest BCUT2D eigenvalue weighted by Crippen LogP contribution is 2.33. The minimum absolute atomic E-state index is 0.124. The molecule has 0 bridgehead atoms. The summed E-state index contributed by atoms with van der Waals surface area (Å²) >= 11 is 7.14. The van der Waals surface area contributed by atoms with Crippen LogP contribution in [0.2, 0.25) is 5.02 Å². The van der Waals surface area contributed by atoms with Crippen molar-refractivity contribution in [1.82, 2.24) is 10.3 Å². The Kier molecular flexibility index (Phi) is 7.75. The molecule has 1 aromatic heterocycles. The van der Waals surface area contributed by atoms with Crippen LogP contribution in [-0.2, 0) is 6.18 Å². The maximum Gasteiger partial charge on any atom is 0.417 e. The molecule has 11 heteroatoms. The first-order valence-corrected chi connectivity index (χ1v) is 9.60. The number of benzene rings is 1. The van der Waals surface area contributed by atoms with Gasteiger partial charge in [0.1, 0.15) is 5.03 Å². The lowest BCUT2D eigenvalue weighted by molar-refractivity contribution is -0.137. The van der Waals surface area contributed by atoms with Crippen molar-refractivity contribution in [3.8, 4) is 0 Å². The summed E-state index contributed by atoms with van der Waals surface area (Å²) in [6.45, 7) is 0.149. The summed E-state index contributed by atoms with van der Waals surface area (Å²) in [5, 5.41) is 2.63. The summed E-state index contributed by atoms with van der Waals surface area (Å²) in [6.07, 6.45) is -3.85. The molecule has 27 heavy (non-hydrogen) atoms. The van der Waals surface area contributed by atoms with Gasteiger partial charge in [-0.2, -0.15) is 22.0 Å². The average Bonchev–Trinajstić information content (AvgIpc) is 2.58. The van der Waals surface area contributed by atoms with Crippen LogP contribution >= 0.6 is 35.1 Å². The minimum atomic E-state index is -4.53. The standard InChI is InChI=1S/C16H12ClF5N2OS2/c17-11-7-9(16(20,21)22)8-24-14(11)26-6-5-23-13(25)10-3-1-2-4-12(10)27-15(18)19/h1-4,7-8,15H,5-6H2,(H,23,25). The predicted octanol–water partition coefficient (Wildman–Crippen LogP) is 5.59. The molecule has 0 spiro atoms. The Bertz CT molecular complexity index is 805. The fourth-order valence-electron chi connectivity index (χ4n) is 1.95. The second kappa shape index (κ2) is 9.61. The van der Waals surface area contributed by atoms with E-state index in [0.29, 0.717) is 6.20 Å². The number of aromatic nitrogens is 1. The van der Waals surface area contributed by atoms with Crippen molar-refractivity contribution < 1.29 is 26.7 Å². The monoisotopic (exact) mass is 442 g/mol. The highest BCUT2D eigenvalue weighted by Gasteiger charge is 2.31. The van der Waals surface area contributed by atoms with E-state index >= 15 is 0 Å². The maximum absolute atomic E-state index is 12.6. The predicted molar refractivity (Wildman–Crippen MR) is 95.6 cm³/mol. The van der Waals surface area contributed by atoms with Gasteiger partial charge in [0.05, 0.1) is 16.1 Å². The van der Waals surface area contributed by atoms with Gasteiger partial charge in [0.15, 0.2) is 0 Å². The third-order valence-corrected chi connectivity index (χ3v) is 5.30. The van der Waals surface area contributed by atoms with Gasteiger partial charge in [0.2, 0.25) is 0 Å². The number of carbonyl (C=O) groups is 1. The lowest BCUT2D eigenvalue weighted by atomic mass is 10.2. The highest BCUT2D eigenvalue weighted by atomic mass is 35.5. The highest BCUT2D eigenvalue weighted by molar-refractivity contribution is 7.99. The zero-order chi connectivity index (χ0) is 20.0. The van der Waals surface area contributed by atoms with Crippen LogP contribution in [0, 0.1) is 0 Å². The Morgan fingerprint density at radius 3 is 2.59 bits per heavy atom. The Labute approximate surface area is 165 Å². The SMILES string of the molecule is O=C(NCCSc1ncc(C(F)(F)F)cc1Cl)c1ccccc1SC(F)F. The molecule has 0 unspecified atom stereocenters. The van der Waals surface area contributed by atoms with Gasteiger partial charge < -0.3 is 5.32 Å². The number of carbonyl (C=O) groups excluding carboxylic acids is 1. The summed E-state index contributed by atoms with van der Waals surface area (Å²) < 4.78 is 62.8. The van der Waals surface area contributed by atoms with Crippen molar-refractivity contribution in [2.75, 3.05) is 12.3 Å². The summed E-state index contributed by atoms with van der Waals surface area (Å²) in [5.74, 6) is -2.89. The van der Waals surface area contributed by atoms with Crippen molar-refractivity contribution >= 4 is 41.0 Å². The summed E-state index contributed by atoms with van der Waals surface area (Å²) in [4.78, 5) is 16.0. The minimum Gasteiger partial charge on any atom is -0.351 e. The number of thioether (sulfide) groups is 2. The number of pyridine rings is 1. The summed E-state index contributed by atoms with van der Waals surface area (Å²) in [7, 11) is 0. The molecule has 146 valence electrons. The normalized spacial score (nSPS) is 11.7. The number of nitrogens with one attached hydrogen (secondary N) is 1. The van der Waals surface area contributed by atoms with Gasteiger partial charge in [-0.15, -0.1) is 11.8 Å². The summed E-state index contributed by atoms with van der Waals surface area (Å²) in [6, 6.07) is 6.75. The molecule has 0 saturated heterocycles. The van der Waals surface area contributed by atoms with Gasteiger partial charge >= 0.3 is 6.18 Å². The molecule has 1 N–H and O–H groups in total. The first-order valence-electron chi connectivity index (χ1n) is 7.36. The first-order chi connectivity index (χ1) is 12.7. The summed E-state index contributed by atoms with van der Waals surface area (Å²) in [5.41, 5.74) is -0.822. The van der Waals surface area contributed by atoms with Crippen LogP contribution in [0.4, 0.5) is 22.0 Å². The van der Waals surface area contributed by atoms with Gasteiger partial charge in [-0.05, 0) is 18.2 Å². The number of hydrogen-bond acceptors (Lipinski definition) is 4.